The molecule has 0 fully saturated rings. The van der Waals surface area contributed by atoms with Crippen LogP contribution in [-0.2, 0) is 10.0 Å². The van der Waals surface area contributed by atoms with E-state index < -0.39 is 20.7 Å². The first-order valence-electron chi connectivity index (χ1n) is 5.08. The molecule has 1 heterocycles. The Morgan fingerprint density at radius 2 is 2.05 bits per heavy atom. The molecule has 0 unspecified atom stereocenters. The van der Waals surface area contributed by atoms with Gasteiger partial charge in [0.1, 0.15) is 10.7 Å². The molecule has 0 saturated carbocycles. The summed E-state index contributed by atoms with van der Waals surface area (Å²) in [7, 11) is -4.11. The minimum Gasteiger partial charge on any atom is -0.399 e. The van der Waals surface area contributed by atoms with E-state index in [4.69, 9.17) is 17.3 Å². The lowest BCUT2D eigenvalue weighted by molar-refractivity contribution is 0.570. The van der Waals surface area contributed by atoms with E-state index in [0.717, 1.165) is 12.1 Å². The van der Waals surface area contributed by atoms with Crippen molar-refractivity contribution in [1.29, 1.82) is 0 Å². The summed E-state index contributed by atoms with van der Waals surface area (Å²) in [5.41, 5.74) is 5.49. The zero-order chi connectivity index (χ0) is 14.0. The summed E-state index contributed by atoms with van der Waals surface area (Å²) in [5.74, 6) is -1.01. The van der Waals surface area contributed by atoms with Crippen LogP contribution < -0.4 is 10.5 Å². The van der Waals surface area contributed by atoms with Gasteiger partial charge in [-0.25, -0.2) is 17.8 Å². The third-order valence-corrected chi connectivity index (χ3v) is 3.91. The van der Waals surface area contributed by atoms with E-state index >= 15 is 0 Å². The standard InChI is InChI=1S/C11H9ClFN3O2S/c12-8-2-1-5-15-11(8)16-19(17,18)10-4-3-7(14)6-9(10)13/h1-6H,14H2,(H,15,16). The SMILES string of the molecule is Nc1ccc(S(=O)(=O)Nc2ncccc2Cl)c(F)c1. The fourth-order valence-electron chi connectivity index (χ4n) is 1.38. The maximum atomic E-state index is 13.6. The fourth-order valence-corrected chi connectivity index (χ4v) is 2.69. The molecule has 2 aromatic rings. The Balaban J connectivity index is 2.41. The molecule has 1 aromatic heterocycles. The van der Waals surface area contributed by atoms with Crippen molar-refractivity contribution in [2.75, 3.05) is 10.5 Å². The Labute approximate surface area is 114 Å². The van der Waals surface area contributed by atoms with Crippen molar-refractivity contribution in [3.05, 3.63) is 47.4 Å². The molecule has 3 N–H and O–H groups in total. The molecular weight excluding hydrogens is 293 g/mol. The van der Waals surface area contributed by atoms with Crippen LogP contribution in [0.15, 0.2) is 41.4 Å². The molecule has 5 nitrogen and oxygen atoms in total. The summed E-state index contributed by atoms with van der Waals surface area (Å²) < 4.78 is 39.7. The Kier molecular flexibility index (Phi) is 3.59. The van der Waals surface area contributed by atoms with E-state index in [0.29, 0.717) is 0 Å². The number of nitrogens with one attached hydrogen (secondary N) is 1. The number of nitrogens with zero attached hydrogens (tertiary/aromatic N) is 1. The van der Waals surface area contributed by atoms with E-state index in [2.05, 4.69) is 9.71 Å². The highest BCUT2D eigenvalue weighted by Crippen LogP contribution is 2.23. The molecule has 0 aliphatic carbocycles. The third kappa shape index (κ3) is 2.94. The first kappa shape index (κ1) is 13.6. The summed E-state index contributed by atoms with van der Waals surface area (Å²) in [4.78, 5) is 3.24. The lowest BCUT2D eigenvalue weighted by Gasteiger charge is -2.09. The monoisotopic (exact) mass is 301 g/mol. The number of rotatable bonds is 3. The molecule has 0 spiro atoms. The van der Waals surface area contributed by atoms with Crippen LogP contribution in [0, 0.1) is 5.82 Å². The molecule has 1 aromatic carbocycles. The van der Waals surface area contributed by atoms with Gasteiger partial charge in [-0.05, 0) is 30.3 Å². The number of halogens is 2. The minimum absolute atomic E-state index is 0.0691. The largest absolute Gasteiger partial charge is 0.399 e. The Hall–Kier alpha value is -1.86. The van der Waals surface area contributed by atoms with Crippen LogP contribution in [0.3, 0.4) is 0 Å². The summed E-state index contributed by atoms with van der Waals surface area (Å²) in [6.07, 6.45) is 1.36. The Bertz CT molecular complexity index is 722. The van der Waals surface area contributed by atoms with Gasteiger partial charge in [-0.3, -0.25) is 4.72 Å². The molecule has 0 atom stereocenters. The van der Waals surface area contributed by atoms with Crippen molar-refractivity contribution in [2.45, 2.75) is 4.90 Å². The molecule has 0 amide bonds. The number of aromatic nitrogens is 1. The molecule has 19 heavy (non-hydrogen) atoms. The molecule has 2 rings (SSSR count). The van der Waals surface area contributed by atoms with Crippen molar-refractivity contribution < 1.29 is 12.8 Å². The lowest BCUT2D eigenvalue weighted by Crippen LogP contribution is -2.15. The highest BCUT2D eigenvalue weighted by Gasteiger charge is 2.20. The van der Waals surface area contributed by atoms with Gasteiger partial charge in [-0.1, -0.05) is 11.6 Å². The lowest BCUT2D eigenvalue weighted by atomic mass is 10.3. The molecule has 0 saturated heterocycles. The minimum atomic E-state index is -4.11. The van der Waals surface area contributed by atoms with Gasteiger partial charge in [0, 0.05) is 11.9 Å². The smallest absolute Gasteiger partial charge is 0.266 e. The van der Waals surface area contributed by atoms with Crippen LogP contribution in [0.5, 0.6) is 0 Å². The average molecular weight is 302 g/mol. The predicted molar refractivity (Wildman–Crippen MR) is 70.9 cm³/mol. The number of nitrogen functional groups attached to an aromatic ring is 1. The van der Waals surface area contributed by atoms with Gasteiger partial charge >= 0.3 is 0 Å². The second-order valence-corrected chi connectivity index (χ2v) is 5.69. The molecular formula is C11H9ClFN3O2S. The first-order valence-corrected chi connectivity index (χ1v) is 6.94. The topological polar surface area (TPSA) is 85.1 Å². The van der Waals surface area contributed by atoms with Crippen molar-refractivity contribution in [2.24, 2.45) is 0 Å². The summed E-state index contributed by atoms with van der Waals surface area (Å²) in [6.45, 7) is 0. The maximum Gasteiger partial charge on any atom is 0.266 e. The van der Waals surface area contributed by atoms with Crippen molar-refractivity contribution in [3.63, 3.8) is 0 Å². The van der Waals surface area contributed by atoms with Gasteiger partial charge < -0.3 is 5.73 Å². The normalized spacial score (nSPS) is 11.3. The number of pyridine rings is 1. The summed E-state index contributed by atoms with van der Waals surface area (Å²) in [5, 5.41) is 0.113. The third-order valence-electron chi connectivity index (χ3n) is 2.23. The molecule has 0 radical (unpaired) electrons. The molecule has 0 aliphatic heterocycles. The average Bonchev–Trinajstić information content (AvgIpc) is 2.31. The van der Waals surface area contributed by atoms with Crippen LogP contribution >= 0.6 is 11.6 Å². The quantitative estimate of drug-likeness (QED) is 0.852. The van der Waals surface area contributed by atoms with E-state index in [1.807, 2.05) is 0 Å². The van der Waals surface area contributed by atoms with Gasteiger partial charge in [-0.15, -0.1) is 0 Å². The summed E-state index contributed by atoms with van der Waals surface area (Å²) in [6, 6.07) is 6.30. The van der Waals surface area contributed by atoms with E-state index in [9.17, 15) is 12.8 Å². The van der Waals surface area contributed by atoms with Crippen LogP contribution in [0.4, 0.5) is 15.9 Å². The molecule has 0 aliphatic rings. The Morgan fingerprint density at radius 1 is 1.32 bits per heavy atom. The second kappa shape index (κ2) is 5.02. The molecule has 0 bridgehead atoms. The number of sulfonamides is 1. The van der Waals surface area contributed by atoms with E-state index in [1.54, 1.807) is 6.07 Å². The van der Waals surface area contributed by atoms with Crippen LogP contribution in [0.1, 0.15) is 0 Å². The van der Waals surface area contributed by atoms with Crippen molar-refractivity contribution in [3.8, 4) is 0 Å². The maximum absolute atomic E-state index is 13.6. The number of nitrogens with two attached hydrogens (primary N) is 1. The predicted octanol–water partition coefficient (Wildman–Crippen LogP) is 2.26. The number of hydrogen-bond acceptors (Lipinski definition) is 4. The zero-order valence-electron chi connectivity index (χ0n) is 9.47. The van der Waals surface area contributed by atoms with Gasteiger partial charge in [0.25, 0.3) is 10.0 Å². The van der Waals surface area contributed by atoms with E-state index in [1.165, 1.54) is 18.3 Å². The van der Waals surface area contributed by atoms with Gasteiger partial charge in [0.15, 0.2) is 5.82 Å². The fraction of sp³-hybridized carbons (Fsp3) is 0. The van der Waals surface area contributed by atoms with Crippen molar-refractivity contribution in [1.82, 2.24) is 4.98 Å². The molecule has 100 valence electrons. The van der Waals surface area contributed by atoms with Gasteiger partial charge in [-0.2, -0.15) is 0 Å². The Morgan fingerprint density at radius 3 is 2.68 bits per heavy atom. The second-order valence-electron chi connectivity index (χ2n) is 3.63. The van der Waals surface area contributed by atoms with Crippen molar-refractivity contribution >= 4 is 33.1 Å². The highest BCUT2D eigenvalue weighted by atomic mass is 35.5. The number of hydrogen-bond donors (Lipinski definition) is 2. The highest BCUT2D eigenvalue weighted by molar-refractivity contribution is 7.92. The van der Waals surface area contributed by atoms with Crippen LogP contribution in [0.25, 0.3) is 0 Å². The first-order chi connectivity index (χ1) is 8.90. The van der Waals surface area contributed by atoms with Crippen LogP contribution in [0.2, 0.25) is 5.02 Å². The van der Waals surface area contributed by atoms with Crippen LogP contribution in [-0.4, -0.2) is 13.4 Å². The zero-order valence-corrected chi connectivity index (χ0v) is 11.0. The summed E-state index contributed by atoms with van der Waals surface area (Å²) >= 11 is 5.78. The number of anilines is 2. The van der Waals surface area contributed by atoms with Gasteiger partial charge in [0.2, 0.25) is 0 Å². The van der Waals surface area contributed by atoms with E-state index in [-0.39, 0.29) is 16.5 Å². The number of benzene rings is 1. The molecule has 8 heteroatoms. The van der Waals surface area contributed by atoms with Gasteiger partial charge in [0.05, 0.1) is 5.02 Å².